The molecule has 1 atom stereocenters. The summed E-state index contributed by atoms with van der Waals surface area (Å²) in [6.07, 6.45) is 5.96. The predicted octanol–water partition coefficient (Wildman–Crippen LogP) is 5.53. The van der Waals surface area contributed by atoms with Gasteiger partial charge in [0, 0.05) is 6.54 Å². The minimum absolute atomic E-state index is 0.106. The Morgan fingerprint density at radius 3 is 2.08 bits per heavy atom. The summed E-state index contributed by atoms with van der Waals surface area (Å²) in [5, 5.41) is 0.300. The Kier molecular flexibility index (Phi) is 7.38. The summed E-state index contributed by atoms with van der Waals surface area (Å²) in [6.45, 7) is 23.2. The number of carbonyl (C=O) groups excluding carboxylic acids is 1. The van der Waals surface area contributed by atoms with Gasteiger partial charge < -0.3 is 13.8 Å². The maximum absolute atomic E-state index is 12.7. The first kappa shape index (κ1) is 23.4. The first-order valence-electron chi connectivity index (χ1n) is 9.86. The van der Waals surface area contributed by atoms with Gasteiger partial charge in [0.2, 0.25) is 14.2 Å². The molecule has 1 fully saturated rings. The smallest absolute Gasteiger partial charge is 0.249 e. The Balaban J connectivity index is 2.65. The third-order valence-corrected chi connectivity index (χ3v) is 15.3. The average molecular weight is 400 g/mol. The van der Waals surface area contributed by atoms with E-state index in [1.165, 1.54) is 0 Å². The van der Waals surface area contributed by atoms with Gasteiger partial charge in [0.25, 0.3) is 0 Å². The van der Waals surface area contributed by atoms with Crippen molar-refractivity contribution >= 4 is 22.5 Å². The monoisotopic (exact) mass is 399 g/mol. The fourth-order valence-corrected chi connectivity index (χ4v) is 4.01. The van der Waals surface area contributed by atoms with Crippen molar-refractivity contribution in [2.45, 2.75) is 96.7 Å². The zero-order valence-corrected chi connectivity index (χ0v) is 20.7. The molecule has 1 saturated heterocycles. The molecule has 0 aromatic rings. The summed E-state index contributed by atoms with van der Waals surface area (Å²) < 4.78 is 12.3. The fourth-order valence-electron chi connectivity index (χ4n) is 2.32. The summed E-state index contributed by atoms with van der Waals surface area (Å²) in [4.78, 5) is 14.7. The van der Waals surface area contributed by atoms with E-state index < -0.39 is 16.6 Å². The molecule has 0 N–H and O–H groups in total. The van der Waals surface area contributed by atoms with Crippen LogP contribution in [0.1, 0.15) is 54.4 Å². The SMILES string of the molecule is CC(C)(C)[Si](C)(C)O/C=C/[C@@H]1CCCN1C(=O)CO[Si](C)(C)C(C)(C)C. The number of hydrogen-bond donors (Lipinski definition) is 0. The molecule has 26 heavy (non-hydrogen) atoms. The van der Waals surface area contributed by atoms with Gasteiger partial charge in [-0.05, 0) is 55.2 Å². The van der Waals surface area contributed by atoms with Crippen molar-refractivity contribution in [2.24, 2.45) is 0 Å². The standard InChI is InChI=1S/C20H41NO3Si2/c1-19(2,3)25(7,8)23-15-13-17-12-11-14-21(17)18(22)16-24-26(9,10)20(4,5)6/h13,15,17H,11-12,14,16H2,1-10H3/b15-13+/t17-/m0/s1. The van der Waals surface area contributed by atoms with Crippen LogP contribution in [0.5, 0.6) is 0 Å². The van der Waals surface area contributed by atoms with Gasteiger partial charge in [-0.2, -0.15) is 0 Å². The largest absolute Gasteiger partial charge is 0.549 e. The van der Waals surface area contributed by atoms with Gasteiger partial charge in [-0.15, -0.1) is 0 Å². The van der Waals surface area contributed by atoms with Gasteiger partial charge in [0.15, 0.2) is 8.32 Å². The highest BCUT2D eigenvalue weighted by Gasteiger charge is 2.39. The quantitative estimate of drug-likeness (QED) is 0.435. The number of carbonyl (C=O) groups is 1. The van der Waals surface area contributed by atoms with E-state index >= 15 is 0 Å². The molecule has 1 aliphatic heterocycles. The van der Waals surface area contributed by atoms with Crippen LogP contribution in [0.15, 0.2) is 12.3 Å². The van der Waals surface area contributed by atoms with E-state index in [1.807, 2.05) is 11.2 Å². The average Bonchev–Trinajstić information content (AvgIpc) is 2.90. The molecule has 1 amide bonds. The molecule has 0 aromatic heterocycles. The predicted molar refractivity (Wildman–Crippen MR) is 115 cm³/mol. The zero-order chi connectivity index (χ0) is 20.4. The minimum Gasteiger partial charge on any atom is -0.549 e. The van der Waals surface area contributed by atoms with Crippen molar-refractivity contribution in [3.05, 3.63) is 12.3 Å². The summed E-state index contributed by atoms with van der Waals surface area (Å²) in [5.41, 5.74) is 0. The van der Waals surface area contributed by atoms with Gasteiger partial charge in [0.05, 0.1) is 12.3 Å². The highest BCUT2D eigenvalue weighted by Crippen LogP contribution is 2.37. The highest BCUT2D eigenvalue weighted by molar-refractivity contribution is 6.74. The van der Waals surface area contributed by atoms with Crippen LogP contribution in [0, 0.1) is 0 Å². The van der Waals surface area contributed by atoms with Crippen molar-refractivity contribution in [2.75, 3.05) is 13.2 Å². The number of amides is 1. The lowest BCUT2D eigenvalue weighted by molar-refractivity contribution is -0.133. The van der Waals surface area contributed by atoms with Crippen molar-refractivity contribution in [3.63, 3.8) is 0 Å². The minimum atomic E-state index is -1.90. The lowest BCUT2D eigenvalue weighted by atomic mass is 10.2. The molecular weight excluding hydrogens is 358 g/mol. The molecule has 0 aliphatic carbocycles. The number of likely N-dealkylation sites (tertiary alicyclic amines) is 1. The molecular formula is C20H41NO3Si2. The first-order chi connectivity index (χ1) is 11.6. The molecule has 0 spiro atoms. The number of hydrogen-bond acceptors (Lipinski definition) is 3. The Morgan fingerprint density at radius 2 is 1.58 bits per heavy atom. The second-order valence-corrected chi connectivity index (χ2v) is 20.1. The van der Waals surface area contributed by atoms with Crippen molar-refractivity contribution in [3.8, 4) is 0 Å². The van der Waals surface area contributed by atoms with Crippen LogP contribution >= 0.6 is 0 Å². The van der Waals surface area contributed by atoms with Crippen LogP contribution in [0.2, 0.25) is 36.3 Å². The molecule has 152 valence electrons. The maximum atomic E-state index is 12.7. The molecule has 0 bridgehead atoms. The van der Waals surface area contributed by atoms with Crippen LogP contribution in [-0.2, 0) is 13.6 Å². The molecule has 0 saturated carbocycles. The Labute approximate surface area is 163 Å². The van der Waals surface area contributed by atoms with Gasteiger partial charge in [0.1, 0.15) is 6.61 Å². The van der Waals surface area contributed by atoms with E-state index in [0.717, 1.165) is 19.4 Å². The van der Waals surface area contributed by atoms with Crippen molar-refractivity contribution in [1.29, 1.82) is 0 Å². The third kappa shape index (κ3) is 5.96. The highest BCUT2D eigenvalue weighted by atomic mass is 28.4. The van der Waals surface area contributed by atoms with E-state index in [-0.39, 0.29) is 28.6 Å². The fraction of sp³-hybridized carbons (Fsp3) is 0.850. The second-order valence-electron chi connectivity index (χ2n) is 10.6. The van der Waals surface area contributed by atoms with E-state index in [4.69, 9.17) is 8.85 Å². The molecule has 0 radical (unpaired) electrons. The molecule has 4 nitrogen and oxygen atoms in total. The van der Waals surface area contributed by atoms with Crippen LogP contribution in [-0.4, -0.2) is 46.6 Å². The number of rotatable bonds is 6. The summed E-state index contributed by atoms with van der Waals surface area (Å²) in [7, 11) is -3.69. The third-order valence-electron chi connectivity index (χ3n) is 6.45. The number of nitrogens with zero attached hydrogens (tertiary/aromatic N) is 1. The molecule has 6 heteroatoms. The molecule has 0 unspecified atom stereocenters. The summed E-state index contributed by atoms with van der Waals surface area (Å²) in [6, 6.07) is 0.135. The topological polar surface area (TPSA) is 38.8 Å². The molecule has 1 rings (SSSR count). The van der Waals surface area contributed by atoms with Crippen LogP contribution in [0.25, 0.3) is 0 Å². The summed E-state index contributed by atoms with van der Waals surface area (Å²) in [5.74, 6) is 0.106. The Bertz CT molecular complexity index is 516. The Morgan fingerprint density at radius 1 is 1.04 bits per heavy atom. The van der Waals surface area contributed by atoms with Gasteiger partial charge in [-0.3, -0.25) is 4.79 Å². The maximum Gasteiger partial charge on any atom is 0.249 e. The van der Waals surface area contributed by atoms with E-state index in [9.17, 15) is 4.79 Å². The molecule has 0 aromatic carbocycles. The van der Waals surface area contributed by atoms with Crippen LogP contribution < -0.4 is 0 Å². The molecule has 1 aliphatic rings. The lowest BCUT2D eigenvalue weighted by Crippen LogP contribution is -2.45. The Hall–Kier alpha value is -0.596. The molecule has 1 heterocycles. The lowest BCUT2D eigenvalue weighted by Gasteiger charge is -2.36. The van der Waals surface area contributed by atoms with Crippen molar-refractivity contribution < 1.29 is 13.6 Å². The van der Waals surface area contributed by atoms with Crippen molar-refractivity contribution in [1.82, 2.24) is 4.90 Å². The first-order valence-corrected chi connectivity index (χ1v) is 15.7. The normalized spacial score (nSPS) is 20.1. The van der Waals surface area contributed by atoms with Gasteiger partial charge in [-0.25, -0.2) is 0 Å². The van der Waals surface area contributed by atoms with E-state index in [2.05, 4.69) is 73.8 Å². The zero-order valence-electron chi connectivity index (χ0n) is 18.7. The van der Waals surface area contributed by atoms with E-state index in [0.29, 0.717) is 0 Å². The van der Waals surface area contributed by atoms with Crippen LogP contribution in [0.4, 0.5) is 0 Å². The van der Waals surface area contributed by atoms with Gasteiger partial charge >= 0.3 is 0 Å². The van der Waals surface area contributed by atoms with E-state index in [1.54, 1.807) is 0 Å². The van der Waals surface area contributed by atoms with Gasteiger partial charge in [-0.1, -0.05) is 41.5 Å². The second kappa shape index (κ2) is 8.19. The van der Waals surface area contributed by atoms with Crippen LogP contribution in [0.3, 0.4) is 0 Å². The summed E-state index contributed by atoms with van der Waals surface area (Å²) >= 11 is 0.